The monoisotopic (exact) mass is 491 g/mol. The van der Waals surface area contributed by atoms with E-state index in [1.807, 2.05) is 42.5 Å². The van der Waals surface area contributed by atoms with Crippen LogP contribution in [-0.2, 0) is 15.1 Å². The van der Waals surface area contributed by atoms with Gasteiger partial charge in [0.25, 0.3) is 5.91 Å². The summed E-state index contributed by atoms with van der Waals surface area (Å²) in [5.74, 6) is 1.11. The van der Waals surface area contributed by atoms with Gasteiger partial charge in [-0.05, 0) is 54.5 Å². The van der Waals surface area contributed by atoms with Gasteiger partial charge < -0.3 is 19.7 Å². The Morgan fingerprint density at radius 2 is 1.78 bits per heavy atom. The van der Waals surface area contributed by atoms with E-state index in [1.54, 1.807) is 11.8 Å². The Kier molecular flexibility index (Phi) is 6.36. The Hall–Kier alpha value is -3.55. The Morgan fingerprint density at radius 3 is 2.50 bits per heavy atom. The van der Waals surface area contributed by atoms with Gasteiger partial charge in [-0.15, -0.1) is 0 Å². The van der Waals surface area contributed by atoms with Gasteiger partial charge in [0, 0.05) is 13.0 Å². The van der Waals surface area contributed by atoms with E-state index in [0.717, 1.165) is 35.3 Å². The van der Waals surface area contributed by atoms with E-state index in [2.05, 4.69) is 19.2 Å². The third kappa shape index (κ3) is 4.29. The molecule has 1 N–H and O–H groups in total. The topological polar surface area (TPSA) is 88.2 Å². The quantitative estimate of drug-likeness (QED) is 0.637. The molecule has 0 radical (unpaired) electrons. The minimum Gasteiger partial charge on any atom is -0.490 e. The van der Waals surface area contributed by atoms with Gasteiger partial charge in [0.15, 0.2) is 11.5 Å². The number of likely N-dealkylation sites (tertiary alicyclic amines) is 1. The molecule has 36 heavy (non-hydrogen) atoms. The summed E-state index contributed by atoms with van der Waals surface area (Å²) in [5, 5.41) is 2.81. The molecule has 4 amide bonds. The SMILES string of the molecule is CC(C)c1ccc([C@]2(C)NC(=O)N(CC(=O)N3CCC[C@H]3c3ccc4c(c3)OCCCO4)C2=O)cc1. The first-order valence-electron chi connectivity index (χ1n) is 12.7. The number of nitrogens with one attached hydrogen (secondary N) is 1. The summed E-state index contributed by atoms with van der Waals surface area (Å²) in [6.45, 7) is 7.40. The normalized spacial score (nSPS) is 23.7. The maximum Gasteiger partial charge on any atom is 0.325 e. The Balaban J connectivity index is 1.31. The van der Waals surface area contributed by atoms with Gasteiger partial charge >= 0.3 is 6.03 Å². The van der Waals surface area contributed by atoms with Gasteiger partial charge in [-0.2, -0.15) is 0 Å². The number of nitrogens with zero attached hydrogens (tertiary/aromatic N) is 2. The minimum absolute atomic E-state index is 0.134. The largest absolute Gasteiger partial charge is 0.490 e. The predicted octanol–water partition coefficient (Wildman–Crippen LogP) is 4.10. The van der Waals surface area contributed by atoms with Crippen LogP contribution in [-0.4, -0.2) is 53.9 Å². The summed E-state index contributed by atoms with van der Waals surface area (Å²) in [4.78, 5) is 42.4. The van der Waals surface area contributed by atoms with Crippen molar-refractivity contribution >= 4 is 17.8 Å². The van der Waals surface area contributed by atoms with Crippen molar-refractivity contribution in [2.45, 2.75) is 57.5 Å². The Bertz CT molecular complexity index is 1180. The average molecular weight is 492 g/mol. The van der Waals surface area contributed by atoms with E-state index in [1.165, 1.54) is 0 Å². The first-order chi connectivity index (χ1) is 17.3. The van der Waals surface area contributed by atoms with Crippen LogP contribution >= 0.6 is 0 Å². The lowest BCUT2D eigenvalue weighted by Crippen LogP contribution is -2.44. The van der Waals surface area contributed by atoms with Crippen molar-refractivity contribution in [3.63, 3.8) is 0 Å². The number of hydrogen-bond acceptors (Lipinski definition) is 5. The molecule has 2 aromatic rings. The molecule has 2 saturated heterocycles. The Labute approximate surface area is 211 Å². The number of rotatable bonds is 5. The zero-order valence-corrected chi connectivity index (χ0v) is 21.1. The number of carbonyl (C=O) groups is 3. The van der Waals surface area contributed by atoms with Crippen LogP contribution in [0.3, 0.4) is 0 Å². The lowest BCUT2D eigenvalue weighted by molar-refractivity contribution is -0.139. The van der Waals surface area contributed by atoms with E-state index >= 15 is 0 Å². The maximum absolute atomic E-state index is 13.4. The minimum atomic E-state index is -1.20. The molecule has 0 bridgehead atoms. The second kappa shape index (κ2) is 9.48. The molecule has 5 rings (SSSR count). The highest BCUT2D eigenvalue weighted by molar-refractivity contribution is 6.09. The first kappa shape index (κ1) is 24.2. The molecule has 0 aromatic heterocycles. The zero-order chi connectivity index (χ0) is 25.4. The molecule has 8 heteroatoms. The molecule has 0 aliphatic carbocycles. The predicted molar refractivity (Wildman–Crippen MR) is 134 cm³/mol. The molecule has 0 spiro atoms. The van der Waals surface area contributed by atoms with E-state index in [0.29, 0.717) is 42.7 Å². The van der Waals surface area contributed by atoms with E-state index in [-0.39, 0.29) is 18.5 Å². The molecule has 0 saturated carbocycles. The maximum atomic E-state index is 13.4. The number of fused-ring (bicyclic) bond motifs is 1. The standard InChI is InChI=1S/C28H33N3O5/c1-18(2)19-7-10-21(11-8-19)28(3)26(33)31(27(34)29-28)17-25(32)30-13-4-6-22(30)20-9-12-23-24(16-20)36-15-5-14-35-23/h7-12,16,18,22H,4-6,13-15,17H2,1-3H3,(H,29,34)/t22-,28-/m0/s1. The number of urea groups is 1. The van der Waals surface area contributed by atoms with E-state index < -0.39 is 17.5 Å². The number of hydrogen-bond donors (Lipinski definition) is 1. The molecule has 3 aliphatic heterocycles. The van der Waals surface area contributed by atoms with Crippen molar-refractivity contribution in [2.24, 2.45) is 0 Å². The number of ether oxygens (including phenoxy) is 2. The van der Waals surface area contributed by atoms with E-state index in [4.69, 9.17) is 9.47 Å². The van der Waals surface area contributed by atoms with Crippen LogP contribution in [0.4, 0.5) is 4.79 Å². The second-order valence-electron chi connectivity index (χ2n) is 10.2. The summed E-state index contributed by atoms with van der Waals surface area (Å²) in [7, 11) is 0. The molecule has 3 heterocycles. The van der Waals surface area contributed by atoms with Crippen LogP contribution in [0.15, 0.2) is 42.5 Å². The summed E-state index contributed by atoms with van der Waals surface area (Å²) in [6, 6.07) is 12.8. The van der Waals surface area contributed by atoms with Crippen molar-refractivity contribution in [1.82, 2.24) is 15.1 Å². The van der Waals surface area contributed by atoms with Crippen molar-refractivity contribution in [3.05, 3.63) is 59.2 Å². The third-order valence-corrected chi connectivity index (χ3v) is 7.45. The molecule has 8 nitrogen and oxygen atoms in total. The first-order valence-corrected chi connectivity index (χ1v) is 12.7. The molecule has 2 atom stereocenters. The summed E-state index contributed by atoms with van der Waals surface area (Å²) in [6.07, 6.45) is 2.49. The molecular formula is C28H33N3O5. The Morgan fingerprint density at radius 1 is 1.06 bits per heavy atom. The average Bonchev–Trinajstić information content (AvgIpc) is 3.34. The highest BCUT2D eigenvalue weighted by atomic mass is 16.5. The van der Waals surface area contributed by atoms with Gasteiger partial charge in [0.1, 0.15) is 12.1 Å². The summed E-state index contributed by atoms with van der Waals surface area (Å²) in [5.41, 5.74) is 1.62. The van der Waals surface area contributed by atoms with Crippen molar-refractivity contribution in [2.75, 3.05) is 26.3 Å². The number of amides is 4. The molecular weight excluding hydrogens is 458 g/mol. The van der Waals surface area contributed by atoms with Crippen molar-refractivity contribution in [1.29, 1.82) is 0 Å². The van der Waals surface area contributed by atoms with Crippen molar-refractivity contribution in [3.8, 4) is 11.5 Å². The zero-order valence-electron chi connectivity index (χ0n) is 21.1. The lowest BCUT2D eigenvalue weighted by Gasteiger charge is -2.27. The molecule has 190 valence electrons. The molecule has 2 aromatic carbocycles. The number of imide groups is 1. The second-order valence-corrected chi connectivity index (χ2v) is 10.2. The fourth-order valence-electron chi connectivity index (χ4n) is 5.26. The number of benzene rings is 2. The van der Waals surface area contributed by atoms with Crippen molar-refractivity contribution < 1.29 is 23.9 Å². The fourth-order valence-corrected chi connectivity index (χ4v) is 5.26. The summed E-state index contributed by atoms with van der Waals surface area (Å²) >= 11 is 0. The van der Waals surface area contributed by atoms with Crippen LogP contribution in [0.2, 0.25) is 0 Å². The van der Waals surface area contributed by atoms with Crippen LogP contribution in [0.1, 0.15) is 68.7 Å². The summed E-state index contributed by atoms with van der Waals surface area (Å²) < 4.78 is 11.6. The lowest BCUT2D eigenvalue weighted by atomic mass is 9.90. The molecule has 3 aliphatic rings. The van der Waals surface area contributed by atoms with Gasteiger partial charge in [0.2, 0.25) is 5.91 Å². The van der Waals surface area contributed by atoms with Gasteiger partial charge in [-0.1, -0.05) is 44.2 Å². The van der Waals surface area contributed by atoms with E-state index in [9.17, 15) is 14.4 Å². The highest BCUT2D eigenvalue weighted by Gasteiger charge is 2.50. The van der Waals surface area contributed by atoms with Gasteiger partial charge in [-0.3, -0.25) is 14.5 Å². The molecule has 2 fully saturated rings. The van der Waals surface area contributed by atoms with Gasteiger partial charge in [0.05, 0.1) is 19.3 Å². The van der Waals surface area contributed by atoms with Gasteiger partial charge in [-0.25, -0.2) is 4.79 Å². The smallest absolute Gasteiger partial charge is 0.325 e. The van der Waals surface area contributed by atoms with Crippen LogP contribution in [0.5, 0.6) is 11.5 Å². The number of carbonyl (C=O) groups excluding carboxylic acids is 3. The van der Waals surface area contributed by atoms with Crippen LogP contribution in [0.25, 0.3) is 0 Å². The van der Waals surface area contributed by atoms with Crippen LogP contribution in [0, 0.1) is 0 Å². The fraction of sp³-hybridized carbons (Fsp3) is 0.464. The molecule has 0 unspecified atom stereocenters. The van der Waals surface area contributed by atoms with Crippen LogP contribution < -0.4 is 14.8 Å². The third-order valence-electron chi connectivity index (χ3n) is 7.45. The highest BCUT2D eigenvalue weighted by Crippen LogP contribution is 2.38.